The molecule has 3 heterocycles. The van der Waals surface area contributed by atoms with E-state index in [9.17, 15) is 9.59 Å². The third kappa shape index (κ3) is 4.32. The maximum atomic E-state index is 13.0. The van der Waals surface area contributed by atoms with Crippen molar-refractivity contribution < 1.29 is 14.3 Å². The molecule has 29 heavy (non-hydrogen) atoms. The number of carbonyl (C=O) groups excluding carboxylic acids is 2. The average Bonchev–Trinajstić information content (AvgIpc) is 3.14. The fourth-order valence-corrected chi connectivity index (χ4v) is 5.43. The number of benzene rings is 1. The van der Waals surface area contributed by atoms with Crippen LogP contribution in [0.1, 0.15) is 41.1 Å². The second kappa shape index (κ2) is 8.81. The zero-order valence-corrected chi connectivity index (χ0v) is 18.0. The smallest absolute Gasteiger partial charge is 0.261 e. The lowest BCUT2D eigenvalue weighted by molar-refractivity contribution is -0.140. The Labute approximate surface area is 175 Å². The van der Waals surface area contributed by atoms with E-state index in [-0.39, 0.29) is 17.9 Å². The minimum Gasteiger partial charge on any atom is -0.370 e. The van der Waals surface area contributed by atoms with Gasteiger partial charge in [0.15, 0.2) is 0 Å². The lowest BCUT2D eigenvalue weighted by Crippen LogP contribution is -2.48. The van der Waals surface area contributed by atoms with Gasteiger partial charge in [0.05, 0.1) is 24.6 Å². The van der Waals surface area contributed by atoms with Crippen molar-refractivity contribution in [3.05, 3.63) is 34.7 Å². The number of fused-ring (bicyclic) bond motifs is 1. The van der Waals surface area contributed by atoms with E-state index >= 15 is 0 Å². The lowest BCUT2D eigenvalue weighted by atomic mass is 9.99. The molecule has 2 fully saturated rings. The SMILES string of the molecule is CNC(=O)c1sc2ccccc2c1[C@H]1CN(C(=O)CN2CCC(C)CC2)CCO1. The molecule has 0 unspecified atom stereocenters. The van der Waals surface area contributed by atoms with Crippen LogP contribution < -0.4 is 5.32 Å². The first-order chi connectivity index (χ1) is 14.1. The molecule has 6 nitrogen and oxygen atoms in total. The van der Waals surface area contributed by atoms with Crippen LogP contribution in [0.2, 0.25) is 0 Å². The van der Waals surface area contributed by atoms with Crippen molar-refractivity contribution in [3.8, 4) is 0 Å². The first kappa shape index (κ1) is 20.3. The first-order valence-electron chi connectivity index (χ1n) is 10.4. The zero-order chi connectivity index (χ0) is 20.4. The molecule has 0 spiro atoms. The summed E-state index contributed by atoms with van der Waals surface area (Å²) in [5, 5.41) is 3.78. The van der Waals surface area contributed by atoms with Crippen LogP contribution in [-0.4, -0.2) is 68.0 Å². The molecule has 2 aliphatic heterocycles. The van der Waals surface area contributed by atoms with Gasteiger partial charge in [-0.05, 0) is 43.3 Å². The van der Waals surface area contributed by atoms with Crippen LogP contribution in [0.25, 0.3) is 10.1 Å². The zero-order valence-electron chi connectivity index (χ0n) is 17.1. The number of nitrogens with one attached hydrogen (secondary N) is 1. The third-order valence-electron chi connectivity index (χ3n) is 6.04. The molecule has 2 saturated heterocycles. The van der Waals surface area contributed by atoms with Gasteiger partial charge in [-0.2, -0.15) is 0 Å². The van der Waals surface area contributed by atoms with Gasteiger partial charge in [-0.3, -0.25) is 14.5 Å². The minimum absolute atomic E-state index is 0.101. The second-order valence-electron chi connectivity index (χ2n) is 8.08. The number of carbonyl (C=O) groups is 2. The summed E-state index contributed by atoms with van der Waals surface area (Å²) in [6, 6.07) is 8.02. The molecule has 2 amide bonds. The van der Waals surface area contributed by atoms with Crippen LogP contribution in [0, 0.1) is 5.92 Å². The molecule has 1 aromatic carbocycles. The molecule has 0 aliphatic carbocycles. The molecule has 2 aliphatic rings. The molecule has 0 saturated carbocycles. The normalized spacial score (nSPS) is 21.4. The van der Waals surface area contributed by atoms with Gasteiger partial charge in [0.1, 0.15) is 6.10 Å². The van der Waals surface area contributed by atoms with Crippen LogP contribution >= 0.6 is 11.3 Å². The van der Waals surface area contributed by atoms with Gasteiger partial charge >= 0.3 is 0 Å². The Kier molecular flexibility index (Phi) is 6.18. The predicted octanol–water partition coefficient (Wildman–Crippen LogP) is 2.89. The summed E-state index contributed by atoms with van der Waals surface area (Å²) in [5.41, 5.74) is 0.911. The van der Waals surface area contributed by atoms with Gasteiger partial charge in [-0.15, -0.1) is 11.3 Å². The number of ether oxygens (including phenoxy) is 1. The molecule has 2 aromatic rings. The number of likely N-dealkylation sites (tertiary alicyclic amines) is 1. The predicted molar refractivity (Wildman–Crippen MR) is 115 cm³/mol. The van der Waals surface area contributed by atoms with Gasteiger partial charge in [0, 0.05) is 23.9 Å². The van der Waals surface area contributed by atoms with E-state index < -0.39 is 0 Å². The highest BCUT2D eigenvalue weighted by molar-refractivity contribution is 7.21. The highest BCUT2D eigenvalue weighted by Gasteiger charge is 2.32. The second-order valence-corrected chi connectivity index (χ2v) is 9.13. The Bertz CT molecular complexity index is 889. The Morgan fingerprint density at radius 3 is 2.72 bits per heavy atom. The number of hydrogen-bond acceptors (Lipinski definition) is 5. The molecule has 7 heteroatoms. The van der Waals surface area contributed by atoms with Crippen LogP contribution in [0.3, 0.4) is 0 Å². The van der Waals surface area contributed by atoms with Crippen LogP contribution in [0.15, 0.2) is 24.3 Å². The van der Waals surface area contributed by atoms with Crippen molar-refractivity contribution >= 4 is 33.2 Å². The highest BCUT2D eigenvalue weighted by atomic mass is 32.1. The van der Waals surface area contributed by atoms with Gasteiger partial charge in [0.2, 0.25) is 5.91 Å². The summed E-state index contributed by atoms with van der Waals surface area (Å²) in [4.78, 5) is 30.3. The monoisotopic (exact) mass is 415 g/mol. The Morgan fingerprint density at radius 2 is 1.97 bits per heavy atom. The van der Waals surface area contributed by atoms with Crippen molar-refractivity contribution in [2.24, 2.45) is 5.92 Å². The average molecular weight is 416 g/mol. The van der Waals surface area contributed by atoms with Crippen LogP contribution in [-0.2, 0) is 9.53 Å². The number of morpholine rings is 1. The highest BCUT2D eigenvalue weighted by Crippen LogP contribution is 2.38. The van der Waals surface area contributed by atoms with Gasteiger partial charge < -0.3 is 15.0 Å². The molecule has 156 valence electrons. The third-order valence-corrected chi connectivity index (χ3v) is 7.23. The van der Waals surface area contributed by atoms with E-state index in [2.05, 4.69) is 17.1 Å². The Hall–Kier alpha value is -1.96. The maximum Gasteiger partial charge on any atom is 0.261 e. The summed E-state index contributed by atoms with van der Waals surface area (Å²) in [6.45, 7) is 6.34. The maximum absolute atomic E-state index is 13.0. The summed E-state index contributed by atoms with van der Waals surface area (Å²) < 4.78 is 7.13. The molecular weight excluding hydrogens is 386 g/mol. The van der Waals surface area contributed by atoms with E-state index in [1.165, 1.54) is 11.3 Å². The minimum atomic E-state index is -0.280. The standard InChI is InChI=1S/C22H29N3O3S/c1-15-7-9-24(10-8-15)14-19(26)25-11-12-28-17(13-25)20-16-5-3-4-6-18(16)29-21(20)22(27)23-2/h3-6,15,17H,7-14H2,1-2H3,(H,23,27)/t17-/m1/s1. The number of rotatable bonds is 4. The first-order valence-corrected chi connectivity index (χ1v) is 11.2. The summed E-state index contributed by atoms with van der Waals surface area (Å²) in [5.74, 6) is 0.814. The van der Waals surface area contributed by atoms with Crippen LogP contribution in [0.5, 0.6) is 0 Å². The van der Waals surface area contributed by atoms with Crippen molar-refractivity contribution in [1.82, 2.24) is 15.1 Å². The molecular formula is C22H29N3O3S. The molecule has 1 N–H and O–H groups in total. The van der Waals surface area contributed by atoms with E-state index in [4.69, 9.17) is 4.74 Å². The van der Waals surface area contributed by atoms with Crippen molar-refractivity contribution in [1.29, 1.82) is 0 Å². The fourth-order valence-electron chi connectivity index (χ4n) is 4.23. The van der Waals surface area contributed by atoms with Crippen LogP contribution in [0.4, 0.5) is 0 Å². The number of piperidine rings is 1. The van der Waals surface area contributed by atoms with E-state index in [1.54, 1.807) is 7.05 Å². The number of nitrogens with zero attached hydrogens (tertiary/aromatic N) is 2. The molecule has 0 radical (unpaired) electrons. The van der Waals surface area contributed by atoms with Gasteiger partial charge in [-0.1, -0.05) is 25.1 Å². The van der Waals surface area contributed by atoms with Gasteiger partial charge in [-0.25, -0.2) is 0 Å². The van der Waals surface area contributed by atoms with Crippen molar-refractivity contribution in [2.45, 2.75) is 25.9 Å². The van der Waals surface area contributed by atoms with E-state index in [1.807, 2.05) is 29.2 Å². The lowest BCUT2D eigenvalue weighted by Gasteiger charge is -2.36. The summed E-state index contributed by atoms with van der Waals surface area (Å²) >= 11 is 1.48. The quantitative estimate of drug-likeness (QED) is 0.834. The molecule has 4 rings (SSSR count). The van der Waals surface area contributed by atoms with E-state index in [0.29, 0.717) is 31.1 Å². The van der Waals surface area contributed by atoms with Crippen molar-refractivity contribution in [3.63, 3.8) is 0 Å². The fraction of sp³-hybridized carbons (Fsp3) is 0.545. The number of hydrogen-bond donors (Lipinski definition) is 1. The summed E-state index contributed by atoms with van der Waals surface area (Å²) in [6.07, 6.45) is 2.04. The van der Waals surface area contributed by atoms with E-state index in [0.717, 1.165) is 47.5 Å². The Morgan fingerprint density at radius 1 is 1.21 bits per heavy atom. The number of thiophene rings is 1. The largest absolute Gasteiger partial charge is 0.370 e. The number of amides is 2. The van der Waals surface area contributed by atoms with Crippen molar-refractivity contribution in [2.75, 3.05) is 46.4 Å². The topological polar surface area (TPSA) is 61.9 Å². The Balaban J connectivity index is 1.52. The summed E-state index contributed by atoms with van der Waals surface area (Å²) in [7, 11) is 1.65. The molecule has 0 bridgehead atoms. The molecule has 1 aromatic heterocycles. The van der Waals surface area contributed by atoms with Gasteiger partial charge in [0.25, 0.3) is 5.91 Å². The molecule has 1 atom stereocenters.